The van der Waals surface area contributed by atoms with Crippen LogP contribution in [0.1, 0.15) is 16.8 Å². The van der Waals surface area contributed by atoms with Crippen molar-refractivity contribution in [3.05, 3.63) is 51.2 Å². The zero-order chi connectivity index (χ0) is 15.0. The summed E-state index contributed by atoms with van der Waals surface area (Å²) in [7, 11) is 1.70. The van der Waals surface area contributed by atoms with E-state index in [9.17, 15) is 10.1 Å². The molecule has 1 aromatic heterocycles. The van der Waals surface area contributed by atoms with Crippen molar-refractivity contribution in [3.8, 4) is 0 Å². The predicted octanol–water partition coefficient (Wildman–Crippen LogP) is 2.26. The molecule has 0 saturated carbocycles. The van der Waals surface area contributed by atoms with Gasteiger partial charge in [0.25, 0.3) is 0 Å². The van der Waals surface area contributed by atoms with Gasteiger partial charge in [0.2, 0.25) is 11.8 Å². The molecule has 108 valence electrons. The molecule has 1 aliphatic rings. The third-order valence-corrected chi connectivity index (χ3v) is 3.59. The first-order valence-corrected chi connectivity index (χ1v) is 6.62. The van der Waals surface area contributed by atoms with Crippen LogP contribution in [0.15, 0.2) is 24.3 Å². The summed E-state index contributed by atoms with van der Waals surface area (Å²) in [6.45, 7) is 2.88. The molecule has 0 spiro atoms. The Labute approximate surface area is 121 Å². The first-order chi connectivity index (χ1) is 10.1. The Morgan fingerprint density at radius 3 is 2.38 bits per heavy atom. The summed E-state index contributed by atoms with van der Waals surface area (Å²) < 4.78 is 0. The van der Waals surface area contributed by atoms with Crippen molar-refractivity contribution in [2.75, 3.05) is 17.3 Å². The standard InChI is InChI=1S/C14H15N5O2/c1-9-12(19(20)21)13(17-14(15-2)16-9)18-7-10-5-3-4-6-11(10)8-18/h3-6H,7-8H2,1-2H3,(H,15,16,17). The molecule has 2 aromatic rings. The fourth-order valence-electron chi connectivity index (χ4n) is 2.58. The summed E-state index contributed by atoms with van der Waals surface area (Å²) in [5.74, 6) is 0.761. The highest BCUT2D eigenvalue weighted by Gasteiger charge is 2.29. The SMILES string of the molecule is CNc1nc(C)c([N+](=O)[O-])c(N2Cc3ccccc3C2)n1. The Hall–Kier alpha value is -2.70. The minimum Gasteiger partial charge on any atom is -0.357 e. The Bertz CT molecular complexity index is 692. The Morgan fingerprint density at radius 2 is 1.86 bits per heavy atom. The van der Waals surface area contributed by atoms with Crippen molar-refractivity contribution >= 4 is 17.5 Å². The Balaban J connectivity index is 2.07. The molecule has 7 nitrogen and oxygen atoms in total. The molecule has 21 heavy (non-hydrogen) atoms. The maximum Gasteiger partial charge on any atom is 0.332 e. The van der Waals surface area contributed by atoms with Crippen LogP contribution < -0.4 is 10.2 Å². The lowest BCUT2D eigenvalue weighted by Crippen LogP contribution is -2.19. The van der Waals surface area contributed by atoms with E-state index >= 15 is 0 Å². The van der Waals surface area contributed by atoms with Gasteiger partial charge in [-0.3, -0.25) is 10.1 Å². The molecule has 0 fully saturated rings. The van der Waals surface area contributed by atoms with Gasteiger partial charge in [-0.05, 0) is 18.1 Å². The van der Waals surface area contributed by atoms with Crippen molar-refractivity contribution < 1.29 is 4.92 Å². The average molecular weight is 285 g/mol. The average Bonchev–Trinajstić information content (AvgIpc) is 2.89. The van der Waals surface area contributed by atoms with Crippen molar-refractivity contribution in [3.63, 3.8) is 0 Å². The van der Waals surface area contributed by atoms with Crippen molar-refractivity contribution in [1.82, 2.24) is 9.97 Å². The van der Waals surface area contributed by atoms with Crippen LogP contribution in [-0.4, -0.2) is 21.9 Å². The number of nitro groups is 1. The van der Waals surface area contributed by atoms with Crippen LogP contribution in [0.3, 0.4) is 0 Å². The molecule has 0 radical (unpaired) electrons. The van der Waals surface area contributed by atoms with Gasteiger partial charge in [-0.25, -0.2) is 4.98 Å². The van der Waals surface area contributed by atoms with E-state index in [-0.39, 0.29) is 5.69 Å². The highest BCUT2D eigenvalue weighted by molar-refractivity contribution is 5.64. The quantitative estimate of drug-likeness (QED) is 0.688. The number of rotatable bonds is 3. The van der Waals surface area contributed by atoms with Crippen LogP contribution in [0.5, 0.6) is 0 Å². The minimum atomic E-state index is -0.410. The van der Waals surface area contributed by atoms with E-state index in [1.54, 1.807) is 14.0 Å². The summed E-state index contributed by atoms with van der Waals surface area (Å²) in [5, 5.41) is 14.2. The van der Waals surface area contributed by atoms with E-state index < -0.39 is 4.92 Å². The third kappa shape index (κ3) is 2.26. The number of hydrogen-bond acceptors (Lipinski definition) is 6. The second kappa shape index (κ2) is 5.01. The lowest BCUT2D eigenvalue weighted by atomic mass is 10.1. The topological polar surface area (TPSA) is 84.2 Å². The number of nitrogens with zero attached hydrogens (tertiary/aromatic N) is 4. The largest absolute Gasteiger partial charge is 0.357 e. The van der Waals surface area contributed by atoms with Gasteiger partial charge in [-0.2, -0.15) is 4.98 Å². The van der Waals surface area contributed by atoms with E-state index in [0.717, 1.165) is 0 Å². The summed E-state index contributed by atoms with van der Waals surface area (Å²) >= 11 is 0. The molecular weight excluding hydrogens is 270 g/mol. The molecule has 0 saturated heterocycles. The second-order valence-electron chi connectivity index (χ2n) is 4.94. The van der Waals surface area contributed by atoms with Crippen LogP contribution in [0.4, 0.5) is 17.5 Å². The summed E-state index contributed by atoms with van der Waals surface area (Å²) in [6.07, 6.45) is 0. The van der Waals surface area contributed by atoms with Crippen molar-refractivity contribution in [2.24, 2.45) is 0 Å². The molecule has 0 unspecified atom stereocenters. The maximum atomic E-state index is 11.4. The monoisotopic (exact) mass is 285 g/mol. The van der Waals surface area contributed by atoms with E-state index in [1.807, 2.05) is 29.2 Å². The van der Waals surface area contributed by atoms with E-state index in [0.29, 0.717) is 30.5 Å². The van der Waals surface area contributed by atoms with Crippen LogP contribution in [0.25, 0.3) is 0 Å². The molecule has 2 heterocycles. The van der Waals surface area contributed by atoms with Gasteiger partial charge in [0.05, 0.1) is 4.92 Å². The molecule has 1 aromatic carbocycles. The van der Waals surface area contributed by atoms with Gasteiger partial charge in [0, 0.05) is 20.1 Å². The molecular formula is C14H15N5O2. The lowest BCUT2D eigenvalue weighted by Gasteiger charge is -2.17. The van der Waals surface area contributed by atoms with Gasteiger partial charge in [0.15, 0.2) is 0 Å². The van der Waals surface area contributed by atoms with Crippen LogP contribution >= 0.6 is 0 Å². The number of hydrogen-bond donors (Lipinski definition) is 1. The lowest BCUT2D eigenvalue weighted by molar-refractivity contribution is -0.385. The van der Waals surface area contributed by atoms with Gasteiger partial charge in [-0.15, -0.1) is 0 Å². The number of fused-ring (bicyclic) bond motifs is 1. The van der Waals surface area contributed by atoms with Crippen LogP contribution in [-0.2, 0) is 13.1 Å². The zero-order valence-corrected chi connectivity index (χ0v) is 11.8. The first kappa shape index (κ1) is 13.3. The van der Waals surface area contributed by atoms with Gasteiger partial charge >= 0.3 is 5.69 Å². The van der Waals surface area contributed by atoms with Gasteiger partial charge in [-0.1, -0.05) is 24.3 Å². The van der Waals surface area contributed by atoms with Crippen molar-refractivity contribution in [1.29, 1.82) is 0 Å². The molecule has 7 heteroatoms. The maximum absolute atomic E-state index is 11.4. The Kier molecular flexibility index (Phi) is 3.17. The van der Waals surface area contributed by atoms with E-state index in [1.165, 1.54) is 11.1 Å². The summed E-state index contributed by atoms with van der Waals surface area (Å²) in [6, 6.07) is 8.02. The van der Waals surface area contributed by atoms with Crippen molar-refractivity contribution in [2.45, 2.75) is 20.0 Å². The smallest absolute Gasteiger partial charge is 0.332 e. The normalized spacial score (nSPS) is 13.1. The van der Waals surface area contributed by atoms with E-state index in [2.05, 4.69) is 15.3 Å². The minimum absolute atomic E-state index is 0.0261. The highest BCUT2D eigenvalue weighted by atomic mass is 16.6. The molecule has 3 rings (SSSR count). The fourth-order valence-corrected chi connectivity index (χ4v) is 2.58. The number of anilines is 2. The van der Waals surface area contributed by atoms with Gasteiger partial charge < -0.3 is 10.2 Å². The summed E-state index contributed by atoms with van der Waals surface area (Å²) in [4.78, 5) is 21.3. The third-order valence-electron chi connectivity index (χ3n) is 3.59. The van der Waals surface area contributed by atoms with Crippen LogP contribution in [0, 0.1) is 17.0 Å². The Morgan fingerprint density at radius 1 is 1.24 bits per heavy atom. The number of nitrogens with one attached hydrogen (secondary N) is 1. The molecule has 0 aliphatic carbocycles. The predicted molar refractivity (Wildman–Crippen MR) is 79.3 cm³/mol. The highest BCUT2D eigenvalue weighted by Crippen LogP contribution is 2.35. The van der Waals surface area contributed by atoms with E-state index in [4.69, 9.17) is 0 Å². The molecule has 0 bridgehead atoms. The van der Waals surface area contributed by atoms with Gasteiger partial charge in [0.1, 0.15) is 5.69 Å². The number of aromatic nitrogens is 2. The van der Waals surface area contributed by atoms with Crippen LogP contribution in [0.2, 0.25) is 0 Å². The molecule has 1 aliphatic heterocycles. The number of aryl methyl sites for hydroxylation is 1. The fraction of sp³-hybridized carbons (Fsp3) is 0.286. The molecule has 0 atom stereocenters. The zero-order valence-electron chi connectivity index (χ0n) is 11.8. The molecule has 0 amide bonds. The second-order valence-corrected chi connectivity index (χ2v) is 4.94. The number of benzene rings is 1. The molecule has 1 N–H and O–H groups in total. The first-order valence-electron chi connectivity index (χ1n) is 6.62. The summed E-state index contributed by atoms with van der Waals surface area (Å²) in [5.41, 5.74) is 2.69.